The van der Waals surface area contributed by atoms with Crippen LogP contribution in [0.4, 0.5) is 0 Å². The largest absolute Gasteiger partial charge is 0.309 e. The summed E-state index contributed by atoms with van der Waals surface area (Å²) in [5, 5.41) is 6.98. The minimum atomic E-state index is 0.300. The molecule has 0 spiro atoms. The maximum Gasteiger partial charge on any atom is 0.0180 e. The van der Waals surface area contributed by atoms with Gasteiger partial charge in [0.15, 0.2) is 0 Å². The topological polar surface area (TPSA) is 23.9 Å². The molecule has 0 aliphatic carbocycles. The molecule has 1 nitrogen and oxygen atoms in total. The van der Waals surface area contributed by atoms with Crippen LogP contribution in [-0.2, 0) is 0 Å². The molecule has 68 valence electrons. The van der Waals surface area contributed by atoms with Gasteiger partial charge in [0.1, 0.15) is 0 Å². The predicted molar refractivity (Wildman–Crippen MR) is 55.8 cm³/mol. The lowest BCUT2D eigenvalue weighted by Gasteiger charge is -2.18. The minimum absolute atomic E-state index is 0.300. The fourth-order valence-corrected chi connectivity index (χ4v) is 1.11. The van der Waals surface area contributed by atoms with Crippen LogP contribution in [0.3, 0.4) is 0 Å². The summed E-state index contributed by atoms with van der Waals surface area (Å²) < 4.78 is 0. The van der Waals surface area contributed by atoms with Gasteiger partial charge in [-0.05, 0) is 30.4 Å². The second-order valence-corrected chi connectivity index (χ2v) is 4.15. The molecular weight excluding hydrogens is 146 g/mol. The second-order valence-electron chi connectivity index (χ2n) is 4.15. The van der Waals surface area contributed by atoms with Crippen LogP contribution in [-0.4, -0.2) is 6.21 Å². The van der Waals surface area contributed by atoms with Crippen molar-refractivity contribution in [3.63, 3.8) is 0 Å². The number of allylic oxidation sites excluding steroid dienone is 4. The first-order valence-corrected chi connectivity index (χ1v) is 4.32. The van der Waals surface area contributed by atoms with Gasteiger partial charge in [-0.25, -0.2) is 0 Å². The first kappa shape index (κ1) is 11.2. The van der Waals surface area contributed by atoms with Gasteiger partial charge in [0.25, 0.3) is 0 Å². The Labute approximate surface area is 75.7 Å². The smallest absolute Gasteiger partial charge is 0.0180 e. The van der Waals surface area contributed by atoms with Crippen molar-refractivity contribution < 1.29 is 0 Å². The highest BCUT2D eigenvalue weighted by molar-refractivity contribution is 5.69. The van der Waals surface area contributed by atoms with Gasteiger partial charge in [-0.3, -0.25) is 0 Å². The van der Waals surface area contributed by atoms with E-state index in [1.807, 2.05) is 19.1 Å². The lowest BCUT2D eigenvalue weighted by atomic mass is 9.87. The van der Waals surface area contributed by atoms with E-state index in [2.05, 4.69) is 26.8 Å². The third kappa shape index (κ3) is 5.90. The molecule has 0 aliphatic heterocycles. The Bertz CT molecular complexity index is 192. The maximum atomic E-state index is 6.98. The highest BCUT2D eigenvalue weighted by Gasteiger charge is 2.10. The van der Waals surface area contributed by atoms with Crippen LogP contribution in [0.1, 0.15) is 34.1 Å². The lowest BCUT2D eigenvalue weighted by molar-refractivity contribution is 0.413. The minimum Gasteiger partial charge on any atom is -0.309 e. The number of nitrogens with one attached hydrogen (secondary N) is 1. The van der Waals surface area contributed by atoms with E-state index in [-0.39, 0.29) is 0 Å². The maximum absolute atomic E-state index is 6.98. The van der Waals surface area contributed by atoms with Gasteiger partial charge in [0.05, 0.1) is 0 Å². The van der Waals surface area contributed by atoms with Crippen molar-refractivity contribution in [1.29, 1.82) is 5.41 Å². The van der Waals surface area contributed by atoms with E-state index < -0.39 is 0 Å². The van der Waals surface area contributed by atoms with E-state index in [9.17, 15) is 0 Å². The molecule has 0 atom stereocenters. The first-order valence-electron chi connectivity index (χ1n) is 4.32. The van der Waals surface area contributed by atoms with Crippen LogP contribution in [0.25, 0.3) is 0 Å². The molecule has 0 unspecified atom stereocenters. The standard InChI is InChI=1S/C11H19N/c1-5-6-10(7-8-12)9-11(2,3)4/h5-8,12H,9H2,1-4H3/b6-5-,10-7+,12-8?. The van der Waals surface area contributed by atoms with Crippen molar-refractivity contribution in [3.05, 3.63) is 23.8 Å². The molecule has 0 fully saturated rings. The Morgan fingerprint density at radius 3 is 2.25 bits per heavy atom. The molecular formula is C11H19N. The molecule has 0 saturated carbocycles. The number of rotatable bonds is 3. The Balaban J connectivity index is 4.34. The van der Waals surface area contributed by atoms with Crippen LogP contribution < -0.4 is 0 Å². The SMILES string of the molecule is C/C=C\C(=C/C=N)CC(C)(C)C. The zero-order chi connectivity index (χ0) is 9.61. The van der Waals surface area contributed by atoms with Gasteiger partial charge in [-0.1, -0.05) is 32.9 Å². The molecule has 0 amide bonds. The van der Waals surface area contributed by atoms with E-state index in [4.69, 9.17) is 5.41 Å². The molecule has 0 aliphatic rings. The summed E-state index contributed by atoms with van der Waals surface area (Å²) in [6.45, 7) is 8.61. The van der Waals surface area contributed by atoms with E-state index in [1.54, 1.807) is 0 Å². The van der Waals surface area contributed by atoms with E-state index in [0.29, 0.717) is 5.41 Å². The summed E-state index contributed by atoms with van der Waals surface area (Å²) in [7, 11) is 0. The van der Waals surface area contributed by atoms with E-state index in [1.165, 1.54) is 11.8 Å². The summed E-state index contributed by atoms with van der Waals surface area (Å²) in [4.78, 5) is 0. The molecule has 0 saturated heterocycles. The Morgan fingerprint density at radius 2 is 1.92 bits per heavy atom. The van der Waals surface area contributed by atoms with Crippen LogP contribution >= 0.6 is 0 Å². The van der Waals surface area contributed by atoms with Crippen molar-refractivity contribution >= 4 is 6.21 Å². The molecule has 1 N–H and O–H groups in total. The molecule has 0 aromatic rings. The summed E-state index contributed by atoms with van der Waals surface area (Å²) in [6, 6.07) is 0. The zero-order valence-corrected chi connectivity index (χ0v) is 8.52. The van der Waals surface area contributed by atoms with Crippen molar-refractivity contribution in [2.45, 2.75) is 34.1 Å². The third-order valence-corrected chi connectivity index (χ3v) is 1.41. The van der Waals surface area contributed by atoms with Gasteiger partial charge in [-0.15, -0.1) is 0 Å². The number of hydrogen-bond donors (Lipinski definition) is 1. The van der Waals surface area contributed by atoms with Crippen LogP contribution in [0.5, 0.6) is 0 Å². The lowest BCUT2D eigenvalue weighted by Crippen LogP contribution is -2.05. The van der Waals surface area contributed by atoms with E-state index in [0.717, 1.165) is 6.42 Å². The number of hydrogen-bond acceptors (Lipinski definition) is 1. The quantitative estimate of drug-likeness (QED) is 0.488. The highest BCUT2D eigenvalue weighted by Crippen LogP contribution is 2.24. The molecule has 0 bridgehead atoms. The van der Waals surface area contributed by atoms with Crippen LogP contribution in [0.2, 0.25) is 0 Å². The van der Waals surface area contributed by atoms with Crippen molar-refractivity contribution in [2.75, 3.05) is 0 Å². The summed E-state index contributed by atoms with van der Waals surface area (Å²) in [5.74, 6) is 0. The normalized spacial score (nSPS) is 13.8. The first-order chi connectivity index (χ1) is 5.49. The van der Waals surface area contributed by atoms with Crippen molar-refractivity contribution in [3.8, 4) is 0 Å². The molecule has 0 aromatic carbocycles. The van der Waals surface area contributed by atoms with Crippen LogP contribution in [0.15, 0.2) is 23.8 Å². The van der Waals surface area contributed by atoms with Gasteiger partial charge < -0.3 is 5.41 Å². The molecule has 12 heavy (non-hydrogen) atoms. The van der Waals surface area contributed by atoms with Crippen LogP contribution in [0, 0.1) is 10.8 Å². The molecule has 0 aromatic heterocycles. The Morgan fingerprint density at radius 1 is 1.33 bits per heavy atom. The van der Waals surface area contributed by atoms with E-state index >= 15 is 0 Å². The average molecular weight is 165 g/mol. The van der Waals surface area contributed by atoms with Crippen molar-refractivity contribution in [1.82, 2.24) is 0 Å². The van der Waals surface area contributed by atoms with Gasteiger partial charge >= 0.3 is 0 Å². The zero-order valence-electron chi connectivity index (χ0n) is 8.52. The molecule has 0 heterocycles. The van der Waals surface area contributed by atoms with Gasteiger partial charge in [0, 0.05) is 6.21 Å². The summed E-state index contributed by atoms with van der Waals surface area (Å²) in [5.41, 5.74) is 1.52. The molecule has 0 radical (unpaired) electrons. The Kier molecular flexibility index (Phi) is 4.57. The van der Waals surface area contributed by atoms with Gasteiger partial charge in [-0.2, -0.15) is 0 Å². The molecule has 0 rings (SSSR count). The summed E-state index contributed by atoms with van der Waals surface area (Å²) in [6.07, 6.45) is 8.30. The highest BCUT2D eigenvalue weighted by atomic mass is 14.3. The fraction of sp³-hybridized carbons (Fsp3) is 0.545. The second kappa shape index (κ2) is 4.91. The third-order valence-electron chi connectivity index (χ3n) is 1.41. The molecule has 1 heteroatoms. The van der Waals surface area contributed by atoms with Crippen molar-refractivity contribution in [2.24, 2.45) is 5.41 Å². The fourth-order valence-electron chi connectivity index (χ4n) is 1.11. The monoisotopic (exact) mass is 165 g/mol. The Hall–Kier alpha value is -0.850. The predicted octanol–water partition coefficient (Wildman–Crippen LogP) is 3.57. The van der Waals surface area contributed by atoms with Gasteiger partial charge in [0.2, 0.25) is 0 Å². The summed E-state index contributed by atoms with van der Waals surface area (Å²) >= 11 is 0. The average Bonchev–Trinajstić information content (AvgIpc) is 1.84.